The van der Waals surface area contributed by atoms with Crippen LogP contribution in [0.5, 0.6) is 0 Å². The SMILES string of the molecule is Cc1ccc(-c2nc(C(=O)Nc3cccc(N4CCOC4=O)c3)cs2)cc1. The summed E-state index contributed by atoms with van der Waals surface area (Å²) in [6.07, 6.45) is -0.374. The van der Waals surface area contributed by atoms with E-state index in [1.165, 1.54) is 21.8 Å². The second-order valence-corrected chi connectivity index (χ2v) is 7.03. The lowest BCUT2D eigenvalue weighted by Crippen LogP contribution is -2.23. The van der Waals surface area contributed by atoms with Gasteiger partial charge >= 0.3 is 6.09 Å². The zero-order chi connectivity index (χ0) is 18.8. The number of aryl methyl sites for hydroxylation is 1. The molecule has 2 heterocycles. The van der Waals surface area contributed by atoms with E-state index < -0.39 is 0 Å². The van der Waals surface area contributed by atoms with Crippen LogP contribution < -0.4 is 10.2 Å². The smallest absolute Gasteiger partial charge is 0.414 e. The molecule has 2 amide bonds. The number of nitrogens with zero attached hydrogens (tertiary/aromatic N) is 2. The van der Waals surface area contributed by atoms with Crippen molar-refractivity contribution in [2.75, 3.05) is 23.4 Å². The van der Waals surface area contributed by atoms with Gasteiger partial charge in [0.25, 0.3) is 5.91 Å². The Morgan fingerprint density at radius 3 is 2.78 bits per heavy atom. The van der Waals surface area contributed by atoms with E-state index >= 15 is 0 Å². The highest BCUT2D eigenvalue weighted by Crippen LogP contribution is 2.26. The molecule has 1 N–H and O–H groups in total. The van der Waals surface area contributed by atoms with E-state index in [2.05, 4.69) is 10.3 Å². The van der Waals surface area contributed by atoms with Crippen LogP contribution in [0.3, 0.4) is 0 Å². The Morgan fingerprint density at radius 2 is 2.04 bits per heavy atom. The minimum atomic E-state index is -0.374. The number of hydrogen-bond acceptors (Lipinski definition) is 5. The van der Waals surface area contributed by atoms with Crippen LogP contribution in [0.25, 0.3) is 10.6 Å². The first kappa shape index (κ1) is 17.2. The van der Waals surface area contributed by atoms with Crippen LogP contribution in [0.1, 0.15) is 16.1 Å². The van der Waals surface area contributed by atoms with Gasteiger partial charge in [0, 0.05) is 22.3 Å². The maximum absolute atomic E-state index is 12.5. The second-order valence-electron chi connectivity index (χ2n) is 6.17. The number of cyclic esters (lactones) is 1. The third-order valence-corrected chi connectivity index (χ3v) is 5.10. The minimum Gasteiger partial charge on any atom is -0.447 e. The molecule has 1 aliphatic heterocycles. The van der Waals surface area contributed by atoms with Gasteiger partial charge in [0.15, 0.2) is 0 Å². The lowest BCUT2D eigenvalue weighted by atomic mass is 10.2. The Kier molecular flexibility index (Phi) is 4.60. The summed E-state index contributed by atoms with van der Waals surface area (Å²) >= 11 is 1.43. The molecule has 3 aromatic rings. The first-order chi connectivity index (χ1) is 13.1. The molecule has 27 heavy (non-hydrogen) atoms. The number of aromatic nitrogens is 1. The first-order valence-electron chi connectivity index (χ1n) is 8.48. The highest BCUT2D eigenvalue weighted by Gasteiger charge is 2.23. The average Bonchev–Trinajstić information content (AvgIpc) is 3.32. The van der Waals surface area contributed by atoms with Gasteiger partial charge in [-0.05, 0) is 25.1 Å². The molecule has 0 saturated carbocycles. The predicted molar refractivity (Wildman–Crippen MR) is 105 cm³/mol. The Balaban J connectivity index is 1.50. The fourth-order valence-electron chi connectivity index (χ4n) is 2.78. The molecule has 0 spiro atoms. The van der Waals surface area contributed by atoms with Crippen LogP contribution in [0.4, 0.5) is 16.2 Å². The molecular weight excluding hydrogens is 362 g/mol. The summed E-state index contributed by atoms with van der Waals surface area (Å²) in [6, 6.07) is 15.1. The number of rotatable bonds is 4. The van der Waals surface area contributed by atoms with Crippen molar-refractivity contribution in [3.63, 3.8) is 0 Å². The summed E-state index contributed by atoms with van der Waals surface area (Å²) in [5, 5.41) is 5.38. The van der Waals surface area contributed by atoms with Crippen LogP contribution in [0.15, 0.2) is 53.9 Å². The van der Waals surface area contributed by atoms with Crippen molar-refractivity contribution in [3.05, 3.63) is 65.2 Å². The number of hydrogen-bond donors (Lipinski definition) is 1. The monoisotopic (exact) mass is 379 g/mol. The summed E-state index contributed by atoms with van der Waals surface area (Å²) < 4.78 is 4.95. The Bertz CT molecular complexity index is 998. The van der Waals surface area contributed by atoms with Crippen molar-refractivity contribution in [1.82, 2.24) is 4.98 Å². The van der Waals surface area contributed by atoms with Gasteiger partial charge in [-0.3, -0.25) is 9.69 Å². The number of benzene rings is 2. The number of nitrogens with one attached hydrogen (secondary N) is 1. The normalized spacial score (nSPS) is 13.5. The summed E-state index contributed by atoms with van der Waals surface area (Å²) in [5.41, 5.74) is 3.81. The summed E-state index contributed by atoms with van der Waals surface area (Å²) in [4.78, 5) is 30.2. The van der Waals surface area contributed by atoms with Crippen molar-refractivity contribution < 1.29 is 14.3 Å². The zero-order valence-electron chi connectivity index (χ0n) is 14.6. The molecule has 2 aromatic carbocycles. The molecule has 1 fully saturated rings. The van der Waals surface area contributed by atoms with Crippen LogP contribution in [0.2, 0.25) is 0 Å². The first-order valence-corrected chi connectivity index (χ1v) is 9.36. The maximum atomic E-state index is 12.5. The third kappa shape index (κ3) is 3.68. The van der Waals surface area contributed by atoms with Crippen LogP contribution >= 0.6 is 11.3 Å². The van der Waals surface area contributed by atoms with Gasteiger partial charge in [0.05, 0.1) is 6.54 Å². The van der Waals surface area contributed by atoms with E-state index in [-0.39, 0.29) is 12.0 Å². The molecule has 4 rings (SSSR count). The van der Waals surface area contributed by atoms with Gasteiger partial charge in [-0.25, -0.2) is 9.78 Å². The van der Waals surface area contributed by atoms with E-state index in [1.807, 2.05) is 31.2 Å². The summed E-state index contributed by atoms with van der Waals surface area (Å²) in [5.74, 6) is -0.286. The van der Waals surface area contributed by atoms with Crippen LogP contribution in [0, 0.1) is 6.92 Å². The second kappa shape index (κ2) is 7.20. The predicted octanol–water partition coefficient (Wildman–Crippen LogP) is 4.33. The molecule has 1 aromatic heterocycles. The van der Waals surface area contributed by atoms with Gasteiger partial charge in [0.1, 0.15) is 17.3 Å². The molecule has 7 heteroatoms. The number of ether oxygens (including phenoxy) is 1. The standard InChI is InChI=1S/C20H17N3O3S/c1-13-5-7-14(8-6-13)19-22-17(12-27-19)18(24)21-15-3-2-4-16(11-15)23-9-10-26-20(23)25/h2-8,11-12H,9-10H2,1H3,(H,21,24). The van der Waals surface area contributed by atoms with Crippen molar-refractivity contribution in [2.24, 2.45) is 0 Å². The molecule has 136 valence electrons. The number of thiazole rings is 1. The maximum Gasteiger partial charge on any atom is 0.414 e. The fraction of sp³-hybridized carbons (Fsp3) is 0.150. The Hall–Kier alpha value is -3.19. The molecule has 0 aliphatic carbocycles. The third-order valence-electron chi connectivity index (χ3n) is 4.21. The van der Waals surface area contributed by atoms with E-state index in [0.29, 0.717) is 30.2 Å². The molecule has 1 aliphatic rings. The number of carbonyl (C=O) groups excluding carboxylic acids is 2. The topological polar surface area (TPSA) is 71.5 Å². The van der Waals surface area contributed by atoms with Crippen molar-refractivity contribution in [1.29, 1.82) is 0 Å². The summed E-state index contributed by atoms with van der Waals surface area (Å²) in [6.45, 7) is 2.90. The van der Waals surface area contributed by atoms with Crippen molar-refractivity contribution in [2.45, 2.75) is 6.92 Å². The molecule has 0 unspecified atom stereocenters. The molecule has 0 radical (unpaired) electrons. The average molecular weight is 379 g/mol. The van der Waals surface area contributed by atoms with Crippen LogP contribution in [-0.2, 0) is 4.74 Å². The van der Waals surface area contributed by atoms with Gasteiger partial charge in [-0.2, -0.15) is 0 Å². The Morgan fingerprint density at radius 1 is 1.22 bits per heavy atom. The van der Waals surface area contributed by atoms with Crippen molar-refractivity contribution >= 4 is 34.7 Å². The molecular formula is C20H17N3O3S. The molecule has 6 nitrogen and oxygen atoms in total. The lowest BCUT2D eigenvalue weighted by Gasteiger charge is -2.14. The largest absolute Gasteiger partial charge is 0.447 e. The number of carbonyl (C=O) groups is 2. The zero-order valence-corrected chi connectivity index (χ0v) is 15.5. The van der Waals surface area contributed by atoms with Gasteiger partial charge < -0.3 is 10.1 Å². The van der Waals surface area contributed by atoms with Crippen molar-refractivity contribution in [3.8, 4) is 10.6 Å². The lowest BCUT2D eigenvalue weighted by molar-refractivity contribution is 0.102. The number of amides is 2. The van der Waals surface area contributed by atoms with E-state index in [4.69, 9.17) is 4.74 Å². The van der Waals surface area contributed by atoms with Gasteiger partial charge in [-0.1, -0.05) is 35.9 Å². The van der Waals surface area contributed by atoms with E-state index in [0.717, 1.165) is 10.6 Å². The minimum absolute atomic E-state index is 0.286. The summed E-state index contributed by atoms with van der Waals surface area (Å²) in [7, 11) is 0. The van der Waals surface area contributed by atoms with E-state index in [9.17, 15) is 9.59 Å². The van der Waals surface area contributed by atoms with Crippen LogP contribution in [-0.4, -0.2) is 30.1 Å². The highest BCUT2D eigenvalue weighted by atomic mass is 32.1. The van der Waals surface area contributed by atoms with E-state index in [1.54, 1.807) is 29.6 Å². The van der Waals surface area contributed by atoms with Gasteiger partial charge in [0.2, 0.25) is 0 Å². The quantitative estimate of drug-likeness (QED) is 0.732. The fourth-order valence-corrected chi connectivity index (χ4v) is 3.59. The molecule has 0 bridgehead atoms. The molecule has 1 saturated heterocycles. The highest BCUT2D eigenvalue weighted by molar-refractivity contribution is 7.13. The van der Waals surface area contributed by atoms with Gasteiger partial charge in [-0.15, -0.1) is 11.3 Å². The Labute approximate surface area is 160 Å². The molecule has 0 atom stereocenters. The number of anilines is 2.